The molecule has 0 bridgehead atoms. The number of carboxylic acids is 1. The standard InChI is InChI=1S/C14H21N3O3/c1-9-15-10(8-11(16-9)20-4)17-7-5-6-14(2,3)12(17)13(18)19/h8,12H,5-7H2,1-4H3,(H,18,19). The second-order valence-corrected chi connectivity index (χ2v) is 5.84. The van der Waals surface area contributed by atoms with Crippen LogP contribution in [0.2, 0.25) is 0 Å². The third-order valence-corrected chi connectivity index (χ3v) is 3.81. The molecule has 0 aliphatic carbocycles. The molecule has 1 saturated heterocycles. The summed E-state index contributed by atoms with van der Waals surface area (Å²) in [5.41, 5.74) is -0.295. The van der Waals surface area contributed by atoms with Gasteiger partial charge in [-0.05, 0) is 25.2 Å². The van der Waals surface area contributed by atoms with Crippen LogP contribution in [0, 0.1) is 12.3 Å². The normalized spacial score (nSPS) is 21.6. The molecule has 1 aromatic heterocycles. The highest BCUT2D eigenvalue weighted by Gasteiger charge is 2.43. The molecule has 1 N–H and O–H groups in total. The molecule has 6 heteroatoms. The Morgan fingerprint density at radius 2 is 2.20 bits per heavy atom. The third-order valence-electron chi connectivity index (χ3n) is 3.81. The van der Waals surface area contributed by atoms with Crippen molar-refractivity contribution in [2.75, 3.05) is 18.6 Å². The molecule has 1 aliphatic rings. The van der Waals surface area contributed by atoms with Gasteiger partial charge in [-0.2, -0.15) is 4.98 Å². The zero-order chi connectivity index (χ0) is 14.9. The number of carbonyl (C=O) groups is 1. The van der Waals surface area contributed by atoms with E-state index in [1.165, 1.54) is 0 Å². The highest BCUT2D eigenvalue weighted by Crippen LogP contribution is 2.37. The van der Waals surface area contributed by atoms with Gasteiger partial charge in [-0.25, -0.2) is 9.78 Å². The molecule has 1 aliphatic heterocycles. The molecular formula is C14H21N3O3. The molecule has 20 heavy (non-hydrogen) atoms. The summed E-state index contributed by atoms with van der Waals surface area (Å²) in [6.07, 6.45) is 1.84. The van der Waals surface area contributed by atoms with Crippen LogP contribution >= 0.6 is 0 Å². The molecule has 110 valence electrons. The van der Waals surface area contributed by atoms with Crippen molar-refractivity contribution >= 4 is 11.8 Å². The molecule has 1 fully saturated rings. The Morgan fingerprint density at radius 3 is 2.80 bits per heavy atom. The lowest BCUT2D eigenvalue weighted by atomic mass is 9.76. The van der Waals surface area contributed by atoms with Crippen LogP contribution in [-0.2, 0) is 4.79 Å². The van der Waals surface area contributed by atoms with Crippen LogP contribution in [-0.4, -0.2) is 40.7 Å². The number of methoxy groups -OCH3 is 1. The molecule has 1 unspecified atom stereocenters. The summed E-state index contributed by atoms with van der Waals surface area (Å²) in [6.45, 7) is 6.43. The summed E-state index contributed by atoms with van der Waals surface area (Å²) in [7, 11) is 1.54. The maximum absolute atomic E-state index is 11.7. The summed E-state index contributed by atoms with van der Waals surface area (Å²) in [5, 5.41) is 9.59. The number of nitrogens with zero attached hydrogens (tertiary/aromatic N) is 3. The van der Waals surface area contributed by atoms with Crippen molar-refractivity contribution in [2.45, 2.75) is 39.7 Å². The van der Waals surface area contributed by atoms with E-state index >= 15 is 0 Å². The Balaban J connectivity index is 2.43. The second kappa shape index (κ2) is 5.26. The van der Waals surface area contributed by atoms with Gasteiger partial charge in [0, 0.05) is 12.6 Å². The minimum absolute atomic E-state index is 0.295. The van der Waals surface area contributed by atoms with E-state index in [1.54, 1.807) is 20.1 Å². The predicted octanol–water partition coefficient (Wildman–Crippen LogP) is 1.87. The molecule has 0 aromatic carbocycles. The van der Waals surface area contributed by atoms with Crippen LogP contribution in [0.3, 0.4) is 0 Å². The Hall–Kier alpha value is -1.85. The molecular weight excluding hydrogens is 258 g/mol. The van der Waals surface area contributed by atoms with Crippen molar-refractivity contribution in [1.82, 2.24) is 9.97 Å². The van der Waals surface area contributed by atoms with Crippen LogP contribution < -0.4 is 9.64 Å². The van der Waals surface area contributed by atoms with Crippen molar-refractivity contribution < 1.29 is 14.6 Å². The zero-order valence-corrected chi connectivity index (χ0v) is 12.4. The van der Waals surface area contributed by atoms with Gasteiger partial charge in [0.15, 0.2) is 0 Å². The van der Waals surface area contributed by atoms with Gasteiger partial charge < -0.3 is 14.7 Å². The van der Waals surface area contributed by atoms with Gasteiger partial charge in [0.1, 0.15) is 17.7 Å². The number of aliphatic carboxylic acids is 1. The van der Waals surface area contributed by atoms with Crippen molar-refractivity contribution in [3.63, 3.8) is 0 Å². The fourth-order valence-corrected chi connectivity index (χ4v) is 2.88. The molecule has 0 spiro atoms. The Morgan fingerprint density at radius 1 is 1.50 bits per heavy atom. The number of aromatic nitrogens is 2. The first-order valence-electron chi connectivity index (χ1n) is 6.74. The van der Waals surface area contributed by atoms with Crippen molar-refractivity contribution in [3.8, 4) is 5.88 Å². The lowest BCUT2D eigenvalue weighted by molar-refractivity contribution is -0.142. The maximum atomic E-state index is 11.7. The minimum atomic E-state index is -0.815. The molecule has 0 saturated carbocycles. The van der Waals surface area contributed by atoms with Gasteiger partial charge in [0.25, 0.3) is 0 Å². The first kappa shape index (κ1) is 14.6. The monoisotopic (exact) mass is 279 g/mol. The Bertz CT molecular complexity index is 516. The minimum Gasteiger partial charge on any atom is -0.481 e. The van der Waals surface area contributed by atoms with E-state index in [2.05, 4.69) is 9.97 Å². The molecule has 0 amide bonds. The number of aryl methyl sites for hydroxylation is 1. The van der Waals surface area contributed by atoms with Crippen LogP contribution in [0.4, 0.5) is 5.82 Å². The number of carboxylic acid groups (broad SMARTS) is 1. The summed E-state index contributed by atoms with van der Waals surface area (Å²) in [6, 6.07) is 1.11. The quantitative estimate of drug-likeness (QED) is 0.910. The largest absolute Gasteiger partial charge is 0.481 e. The molecule has 2 heterocycles. The average Bonchev–Trinajstić information content (AvgIpc) is 2.35. The summed E-state index contributed by atoms with van der Waals surface area (Å²) in [5.74, 6) is 0.839. The first-order chi connectivity index (χ1) is 9.35. The SMILES string of the molecule is COc1cc(N2CCCC(C)(C)C2C(=O)O)nc(C)n1. The van der Waals surface area contributed by atoms with Crippen molar-refractivity contribution in [3.05, 3.63) is 11.9 Å². The molecule has 0 radical (unpaired) electrons. The highest BCUT2D eigenvalue weighted by atomic mass is 16.5. The fourth-order valence-electron chi connectivity index (χ4n) is 2.88. The van der Waals surface area contributed by atoms with Gasteiger partial charge in [0.05, 0.1) is 7.11 Å². The molecule has 1 aromatic rings. The summed E-state index contributed by atoms with van der Waals surface area (Å²) in [4.78, 5) is 22.0. The van der Waals surface area contributed by atoms with E-state index in [-0.39, 0.29) is 5.41 Å². The lowest BCUT2D eigenvalue weighted by Crippen LogP contribution is -2.54. The number of piperidine rings is 1. The van der Waals surface area contributed by atoms with E-state index < -0.39 is 12.0 Å². The first-order valence-corrected chi connectivity index (χ1v) is 6.74. The van der Waals surface area contributed by atoms with Crippen LogP contribution in [0.15, 0.2) is 6.07 Å². The number of ether oxygens (including phenoxy) is 1. The lowest BCUT2D eigenvalue weighted by Gasteiger charge is -2.44. The van der Waals surface area contributed by atoms with E-state index in [9.17, 15) is 9.90 Å². The second-order valence-electron chi connectivity index (χ2n) is 5.84. The van der Waals surface area contributed by atoms with Gasteiger partial charge in [-0.1, -0.05) is 13.8 Å². The molecule has 1 atom stereocenters. The van der Waals surface area contributed by atoms with Crippen molar-refractivity contribution in [2.24, 2.45) is 5.41 Å². The van der Waals surface area contributed by atoms with Gasteiger partial charge >= 0.3 is 5.97 Å². The predicted molar refractivity (Wildman–Crippen MR) is 75.1 cm³/mol. The summed E-state index contributed by atoms with van der Waals surface area (Å²) < 4.78 is 5.15. The fraction of sp³-hybridized carbons (Fsp3) is 0.643. The number of hydrogen-bond acceptors (Lipinski definition) is 5. The highest BCUT2D eigenvalue weighted by molar-refractivity contribution is 5.79. The van der Waals surface area contributed by atoms with Crippen molar-refractivity contribution in [1.29, 1.82) is 0 Å². The van der Waals surface area contributed by atoms with Crippen LogP contribution in [0.1, 0.15) is 32.5 Å². The van der Waals surface area contributed by atoms with E-state index in [1.807, 2.05) is 18.7 Å². The van der Waals surface area contributed by atoms with E-state index in [0.717, 1.165) is 12.8 Å². The molecule has 6 nitrogen and oxygen atoms in total. The maximum Gasteiger partial charge on any atom is 0.326 e. The molecule has 2 rings (SSSR count). The van der Waals surface area contributed by atoms with Gasteiger partial charge in [-0.3, -0.25) is 0 Å². The van der Waals surface area contributed by atoms with Gasteiger partial charge in [0.2, 0.25) is 5.88 Å². The summed E-state index contributed by atoms with van der Waals surface area (Å²) >= 11 is 0. The number of hydrogen-bond donors (Lipinski definition) is 1. The topological polar surface area (TPSA) is 75.5 Å². The number of anilines is 1. The smallest absolute Gasteiger partial charge is 0.326 e. The van der Waals surface area contributed by atoms with E-state index in [0.29, 0.717) is 24.1 Å². The third kappa shape index (κ3) is 2.69. The zero-order valence-electron chi connectivity index (χ0n) is 12.4. The number of rotatable bonds is 3. The Labute approximate surface area is 118 Å². The average molecular weight is 279 g/mol. The Kier molecular flexibility index (Phi) is 3.83. The van der Waals surface area contributed by atoms with E-state index in [4.69, 9.17) is 4.74 Å². The van der Waals surface area contributed by atoms with Crippen LogP contribution in [0.25, 0.3) is 0 Å². The van der Waals surface area contributed by atoms with Crippen LogP contribution in [0.5, 0.6) is 5.88 Å². The van der Waals surface area contributed by atoms with Gasteiger partial charge in [-0.15, -0.1) is 0 Å².